The molecule has 2 saturated heterocycles. The van der Waals surface area contributed by atoms with Crippen LogP contribution in [0.15, 0.2) is 127 Å². The molecule has 3 heterocycles. The van der Waals surface area contributed by atoms with Gasteiger partial charge in [0.1, 0.15) is 36.5 Å². The summed E-state index contributed by atoms with van der Waals surface area (Å²) in [6.07, 6.45) is -2.55. The van der Waals surface area contributed by atoms with Gasteiger partial charge in [0.25, 0.3) is 5.69 Å². The summed E-state index contributed by atoms with van der Waals surface area (Å²) in [6.45, 7) is -0.866. The molecule has 69 heavy (non-hydrogen) atoms. The molecule has 0 bridgehead atoms. The Hall–Kier alpha value is -8.40. The van der Waals surface area contributed by atoms with Crippen LogP contribution in [0.1, 0.15) is 58.0 Å². The number of non-ortho nitro benzene ring substituents is 1. The minimum absolute atomic E-state index is 0.0461. The maximum Gasteiger partial charge on any atom is 0.421 e. The first-order chi connectivity index (χ1) is 33.3. The standard InChI is InChI=1S/C51H44N4O14/c1-65-46(58)37(47(59)66-2)18-9-11-30-21-24-39-38(27-30)51(49(61)53(39)50(62)68-29-31-19-22-35(23-20-31)55(63)64)40(45(52)57)42-48(60)69-43(33-14-7-4-8-15-33)41(32-12-5-3-6-13-32)54(42)44(51)34-16-10-17-36(28-34)67-26-25-56/h3-8,10,12-17,19-24,27-28,37,40-44,56H,18,25-26,29H2,1-2H3,(H2,52,57). The number of carbonyl (C=O) groups is 6. The van der Waals surface area contributed by atoms with Crippen LogP contribution in [-0.4, -0.2) is 84.2 Å². The van der Waals surface area contributed by atoms with E-state index in [1.807, 2.05) is 18.2 Å². The Balaban J connectivity index is 1.38. The number of amides is 3. The number of aliphatic hydroxyl groups excluding tert-OH is 1. The number of anilines is 1. The summed E-state index contributed by atoms with van der Waals surface area (Å²) in [5.74, 6) is -1.87. The third kappa shape index (κ3) is 8.60. The summed E-state index contributed by atoms with van der Waals surface area (Å²) in [6, 6.07) is 30.4. The number of nitrogens with zero attached hydrogens (tertiary/aromatic N) is 3. The largest absolute Gasteiger partial charge is 0.491 e. The third-order valence-electron chi connectivity index (χ3n) is 12.5. The summed E-state index contributed by atoms with van der Waals surface area (Å²) in [7, 11) is 2.22. The van der Waals surface area contributed by atoms with E-state index < -0.39 is 88.8 Å². The molecular weight excluding hydrogens is 893 g/mol. The number of morpholine rings is 1. The molecule has 6 atom stereocenters. The highest BCUT2D eigenvalue weighted by Crippen LogP contribution is 2.66. The molecule has 0 aromatic heterocycles. The van der Waals surface area contributed by atoms with E-state index in [1.54, 1.807) is 71.6 Å². The summed E-state index contributed by atoms with van der Waals surface area (Å²) in [4.78, 5) is 98.7. The zero-order valence-electron chi connectivity index (χ0n) is 37.1. The first-order valence-electron chi connectivity index (χ1n) is 21.6. The normalized spacial score (nSPS) is 21.3. The van der Waals surface area contributed by atoms with E-state index in [9.17, 15) is 39.2 Å². The lowest BCUT2D eigenvalue weighted by Gasteiger charge is -2.46. The molecule has 5 aromatic carbocycles. The highest BCUT2D eigenvalue weighted by Gasteiger charge is 2.75. The van der Waals surface area contributed by atoms with Gasteiger partial charge in [0.2, 0.25) is 11.8 Å². The molecule has 3 aliphatic rings. The van der Waals surface area contributed by atoms with Gasteiger partial charge in [-0.3, -0.25) is 39.0 Å². The fourth-order valence-corrected chi connectivity index (χ4v) is 9.66. The number of benzene rings is 5. The van der Waals surface area contributed by atoms with Crippen LogP contribution in [-0.2, 0) is 54.9 Å². The molecule has 3 aliphatic heterocycles. The number of hydrogen-bond donors (Lipinski definition) is 2. The number of imide groups is 1. The number of ether oxygens (including phenoxy) is 5. The Morgan fingerprint density at radius 3 is 2.12 bits per heavy atom. The zero-order valence-corrected chi connectivity index (χ0v) is 37.1. The number of cyclic esters (lactones) is 1. The Morgan fingerprint density at radius 1 is 0.841 bits per heavy atom. The first kappa shape index (κ1) is 47.1. The van der Waals surface area contributed by atoms with Crippen LogP contribution in [0, 0.1) is 33.8 Å². The quantitative estimate of drug-likeness (QED) is 0.0387. The predicted molar refractivity (Wildman–Crippen MR) is 242 cm³/mol. The van der Waals surface area contributed by atoms with Crippen molar-refractivity contribution in [1.29, 1.82) is 0 Å². The molecule has 8 rings (SSSR count). The fourth-order valence-electron chi connectivity index (χ4n) is 9.66. The molecule has 0 radical (unpaired) electrons. The SMILES string of the molecule is COC(=O)C(CC#Cc1ccc2c(c1)C1(C(=O)N2C(=O)OCc2ccc([N+](=O)[O-])cc2)C(C(N)=O)C2C(=O)OC(c3ccccc3)C(c3ccccc3)N2C1c1cccc(OCCO)c1)C(=O)OC. The Kier molecular flexibility index (Phi) is 13.5. The summed E-state index contributed by atoms with van der Waals surface area (Å²) in [5.41, 5.74) is 6.12. The molecule has 3 N–H and O–H groups in total. The van der Waals surface area contributed by atoms with Gasteiger partial charge in [0.15, 0.2) is 5.92 Å². The summed E-state index contributed by atoms with van der Waals surface area (Å²) in [5, 5.41) is 21.1. The fraction of sp³-hybridized carbons (Fsp3) is 0.255. The Bertz CT molecular complexity index is 2870. The number of primary amides is 1. The molecule has 18 nitrogen and oxygen atoms in total. The van der Waals surface area contributed by atoms with Gasteiger partial charge in [-0.2, -0.15) is 0 Å². The number of carbonyl (C=O) groups excluding carboxylic acids is 6. The predicted octanol–water partition coefficient (Wildman–Crippen LogP) is 5.16. The number of rotatable bonds is 13. The van der Waals surface area contributed by atoms with E-state index in [2.05, 4.69) is 11.8 Å². The number of hydrogen-bond acceptors (Lipinski definition) is 15. The zero-order chi connectivity index (χ0) is 49.0. The topological polar surface area (TPSA) is 244 Å². The van der Waals surface area contributed by atoms with Gasteiger partial charge in [-0.05, 0) is 70.3 Å². The lowest BCUT2D eigenvalue weighted by molar-refractivity contribution is -0.384. The molecule has 2 fully saturated rings. The molecule has 0 saturated carbocycles. The summed E-state index contributed by atoms with van der Waals surface area (Å²) < 4.78 is 27.6. The number of methoxy groups -OCH3 is 2. The molecule has 6 unspecified atom stereocenters. The maximum absolute atomic E-state index is 16.2. The molecule has 3 amide bonds. The lowest BCUT2D eigenvalue weighted by Crippen LogP contribution is -2.55. The van der Waals surface area contributed by atoms with Gasteiger partial charge < -0.3 is 34.5 Å². The molecule has 1 spiro atoms. The van der Waals surface area contributed by atoms with Crippen molar-refractivity contribution in [2.24, 2.45) is 17.6 Å². The number of nitro benzene ring substituents is 1. The Labute approximate surface area is 394 Å². The van der Waals surface area contributed by atoms with Gasteiger partial charge in [-0.25, -0.2) is 9.69 Å². The number of aliphatic hydroxyl groups is 1. The Morgan fingerprint density at radius 2 is 1.49 bits per heavy atom. The van der Waals surface area contributed by atoms with E-state index >= 15 is 4.79 Å². The monoisotopic (exact) mass is 936 g/mol. The molecule has 18 heteroatoms. The average Bonchev–Trinajstić information content (AvgIpc) is 3.83. The van der Waals surface area contributed by atoms with Crippen LogP contribution in [0.5, 0.6) is 5.75 Å². The molecule has 0 aliphatic carbocycles. The first-order valence-corrected chi connectivity index (χ1v) is 21.6. The number of nitrogens with two attached hydrogens (primary N) is 1. The third-order valence-corrected chi connectivity index (χ3v) is 12.5. The van der Waals surface area contributed by atoms with Crippen LogP contribution in [0.3, 0.4) is 0 Å². The van der Waals surface area contributed by atoms with Gasteiger partial charge in [0, 0.05) is 24.1 Å². The van der Waals surface area contributed by atoms with Gasteiger partial charge >= 0.3 is 24.0 Å². The highest BCUT2D eigenvalue weighted by molar-refractivity contribution is 6.23. The summed E-state index contributed by atoms with van der Waals surface area (Å²) >= 11 is 0. The molecule has 352 valence electrons. The van der Waals surface area contributed by atoms with Crippen molar-refractivity contribution in [3.8, 4) is 17.6 Å². The van der Waals surface area contributed by atoms with Crippen molar-refractivity contribution < 1.29 is 62.5 Å². The van der Waals surface area contributed by atoms with E-state index in [1.165, 1.54) is 42.5 Å². The van der Waals surface area contributed by atoms with E-state index in [0.717, 1.165) is 19.1 Å². The van der Waals surface area contributed by atoms with Crippen molar-refractivity contribution in [1.82, 2.24) is 4.90 Å². The molecule has 5 aromatic rings. The van der Waals surface area contributed by atoms with Crippen molar-refractivity contribution >= 4 is 47.2 Å². The van der Waals surface area contributed by atoms with Gasteiger partial charge in [-0.1, -0.05) is 84.6 Å². The van der Waals surface area contributed by atoms with E-state index in [-0.39, 0.29) is 47.9 Å². The average molecular weight is 937 g/mol. The maximum atomic E-state index is 16.2. The minimum Gasteiger partial charge on any atom is -0.491 e. The number of nitro groups is 1. The van der Waals surface area contributed by atoms with Crippen LogP contribution >= 0.6 is 0 Å². The second-order valence-corrected chi connectivity index (χ2v) is 16.3. The van der Waals surface area contributed by atoms with Crippen molar-refractivity contribution in [3.05, 3.63) is 171 Å². The minimum atomic E-state index is -2.26. The van der Waals surface area contributed by atoms with Crippen LogP contribution in [0.2, 0.25) is 0 Å². The van der Waals surface area contributed by atoms with Gasteiger partial charge in [-0.15, -0.1) is 0 Å². The van der Waals surface area contributed by atoms with Crippen molar-refractivity contribution in [3.63, 3.8) is 0 Å². The van der Waals surface area contributed by atoms with E-state index in [4.69, 9.17) is 29.4 Å². The lowest BCUT2D eigenvalue weighted by atomic mass is 9.65. The van der Waals surface area contributed by atoms with Crippen molar-refractivity contribution in [2.45, 2.75) is 42.7 Å². The highest BCUT2D eigenvalue weighted by atomic mass is 16.6. The van der Waals surface area contributed by atoms with Crippen LogP contribution in [0.4, 0.5) is 16.2 Å². The van der Waals surface area contributed by atoms with Crippen LogP contribution in [0.25, 0.3) is 0 Å². The second kappa shape index (κ2) is 19.8. The van der Waals surface area contributed by atoms with Gasteiger partial charge in [0.05, 0.1) is 49.4 Å². The second-order valence-electron chi connectivity index (χ2n) is 16.3. The van der Waals surface area contributed by atoms with E-state index in [0.29, 0.717) is 22.3 Å². The van der Waals surface area contributed by atoms with Crippen LogP contribution < -0.4 is 15.4 Å². The van der Waals surface area contributed by atoms with Crippen molar-refractivity contribution in [2.75, 3.05) is 32.3 Å². The number of esters is 3. The smallest absolute Gasteiger partial charge is 0.421 e. The number of fused-ring (bicyclic) bond motifs is 3. The molecular formula is C51H44N4O14.